The number of piperidine rings is 1. The second-order valence-electron chi connectivity index (χ2n) is 11.4. The molecule has 0 unspecified atom stereocenters. The number of nitrogens with zero attached hydrogens (tertiary/aromatic N) is 3. The summed E-state index contributed by atoms with van der Waals surface area (Å²) in [6.45, 7) is 11.4. The van der Waals surface area contributed by atoms with Gasteiger partial charge in [-0.2, -0.15) is 0 Å². The van der Waals surface area contributed by atoms with Gasteiger partial charge >= 0.3 is 5.97 Å². The van der Waals surface area contributed by atoms with E-state index in [1.807, 2.05) is 34.7 Å². The van der Waals surface area contributed by atoms with E-state index in [1.54, 1.807) is 4.90 Å². The Morgan fingerprint density at radius 1 is 1.23 bits per heavy atom. The van der Waals surface area contributed by atoms with Crippen molar-refractivity contribution in [3.63, 3.8) is 0 Å². The Kier molecular flexibility index (Phi) is 14.5. The van der Waals surface area contributed by atoms with Gasteiger partial charge in [0.25, 0.3) is 0 Å². The third kappa shape index (κ3) is 9.78. The lowest BCUT2D eigenvalue weighted by Crippen LogP contribution is -2.59. The normalized spacial score (nSPS) is 19.1. The molecule has 3 N–H and O–H groups in total. The van der Waals surface area contributed by atoms with Crippen LogP contribution < -0.4 is 5.32 Å². The van der Waals surface area contributed by atoms with Crippen molar-refractivity contribution in [2.75, 3.05) is 26.9 Å². The number of carbonyl (C=O) groups is 3. The molecule has 0 spiro atoms. The van der Waals surface area contributed by atoms with Gasteiger partial charge in [0.1, 0.15) is 23.9 Å². The van der Waals surface area contributed by atoms with E-state index in [4.69, 9.17) is 4.74 Å². The number of likely N-dealkylation sites (tertiary alicyclic amines) is 1. The first kappa shape index (κ1) is 34.1. The fraction of sp³-hybridized carbons (Fsp3) is 0.793. The van der Waals surface area contributed by atoms with Crippen molar-refractivity contribution in [1.82, 2.24) is 20.1 Å². The number of thiazole rings is 1. The summed E-state index contributed by atoms with van der Waals surface area (Å²) in [6.07, 6.45) is 5.58. The molecule has 0 aromatic carbocycles. The minimum Gasteiger partial charge on any atom is -0.476 e. The molecule has 0 radical (unpaired) electrons. The molecule has 1 aromatic rings. The van der Waals surface area contributed by atoms with Crippen molar-refractivity contribution in [3.8, 4) is 0 Å². The number of unbranched alkanes of at least 4 members (excludes halogenated alkanes) is 2. The van der Waals surface area contributed by atoms with Crippen molar-refractivity contribution >= 4 is 29.1 Å². The van der Waals surface area contributed by atoms with Gasteiger partial charge in [0.2, 0.25) is 11.8 Å². The zero-order valence-corrected chi connectivity index (χ0v) is 25.9. The van der Waals surface area contributed by atoms with Gasteiger partial charge in [-0.25, -0.2) is 9.78 Å². The molecule has 228 valence electrons. The molecule has 10 nitrogen and oxygen atoms in total. The SMILES string of the molecule is CCCCCOCN(C(=O)[C@@H](NC(=O)[C@H]1CCCCN1C)[C@@H](C)CC)[C@H](C[C@@H](O)c1nc(C(=O)O)cs1)C(C)C. The maximum absolute atomic E-state index is 14.3. The van der Waals surface area contributed by atoms with Gasteiger partial charge in [-0.05, 0) is 44.7 Å². The van der Waals surface area contributed by atoms with E-state index in [9.17, 15) is 24.6 Å². The van der Waals surface area contributed by atoms with Crippen LogP contribution in [-0.2, 0) is 14.3 Å². The summed E-state index contributed by atoms with van der Waals surface area (Å²) in [4.78, 5) is 46.7. The van der Waals surface area contributed by atoms with Gasteiger partial charge in [-0.1, -0.05) is 60.3 Å². The molecule has 5 atom stereocenters. The highest BCUT2D eigenvalue weighted by atomic mass is 32.1. The Hall–Kier alpha value is -2.08. The molecular formula is C29H50N4O6S. The second kappa shape index (κ2) is 17.0. The van der Waals surface area contributed by atoms with E-state index in [-0.39, 0.29) is 48.5 Å². The number of nitrogens with one attached hydrogen (secondary N) is 1. The summed E-state index contributed by atoms with van der Waals surface area (Å²) in [5.74, 6) is -1.66. The number of ether oxygens (including phenoxy) is 1. The Balaban J connectivity index is 2.32. The van der Waals surface area contributed by atoms with Crippen LogP contribution in [0.5, 0.6) is 0 Å². The molecule has 0 bridgehead atoms. The second-order valence-corrected chi connectivity index (χ2v) is 12.2. The summed E-state index contributed by atoms with van der Waals surface area (Å²) in [7, 11) is 1.95. The zero-order chi connectivity index (χ0) is 29.8. The van der Waals surface area contributed by atoms with Crippen LogP contribution in [0.2, 0.25) is 0 Å². The number of carboxylic acids is 1. The maximum Gasteiger partial charge on any atom is 0.355 e. The number of likely N-dealkylation sites (N-methyl/N-ethyl adjacent to an activating group) is 1. The summed E-state index contributed by atoms with van der Waals surface area (Å²) >= 11 is 1.09. The van der Waals surface area contributed by atoms with E-state index in [2.05, 4.69) is 22.1 Å². The minimum atomic E-state index is -1.15. The number of aliphatic hydroxyl groups excluding tert-OH is 1. The predicted octanol–water partition coefficient (Wildman–Crippen LogP) is 4.30. The van der Waals surface area contributed by atoms with Crippen LogP contribution in [0.3, 0.4) is 0 Å². The van der Waals surface area contributed by atoms with Crippen LogP contribution in [-0.4, -0.2) is 87.8 Å². The van der Waals surface area contributed by atoms with E-state index in [1.165, 1.54) is 5.38 Å². The Bertz CT molecular complexity index is 941. The molecule has 1 aromatic heterocycles. The fourth-order valence-electron chi connectivity index (χ4n) is 5.09. The molecule has 11 heteroatoms. The lowest BCUT2D eigenvalue weighted by molar-refractivity contribution is -0.149. The van der Waals surface area contributed by atoms with Crippen molar-refractivity contribution in [2.24, 2.45) is 11.8 Å². The number of hydrogen-bond acceptors (Lipinski definition) is 8. The molecule has 1 aliphatic heterocycles. The van der Waals surface area contributed by atoms with Gasteiger partial charge in [-0.15, -0.1) is 11.3 Å². The molecule has 2 amide bonds. The van der Waals surface area contributed by atoms with E-state index >= 15 is 0 Å². The fourth-order valence-corrected chi connectivity index (χ4v) is 5.88. The third-order valence-electron chi connectivity index (χ3n) is 7.92. The summed E-state index contributed by atoms with van der Waals surface area (Å²) in [5.41, 5.74) is -0.112. The first-order valence-electron chi connectivity index (χ1n) is 14.8. The zero-order valence-electron chi connectivity index (χ0n) is 25.1. The number of aliphatic hydroxyl groups is 1. The van der Waals surface area contributed by atoms with Crippen LogP contribution in [0.15, 0.2) is 5.38 Å². The smallest absolute Gasteiger partial charge is 0.355 e. The molecule has 1 fully saturated rings. The van der Waals surface area contributed by atoms with E-state index in [0.29, 0.717) is 18.0 Å². The summed E-state index contributed by atoms with van der Waals surface area (Å²) in [5, 5.41) is 25.1. The number of aromatic carboxylic acids is 1. The van der Waals surface area contributed by atoms with E-state index < -0.39 is 24.2 Å². The number of hydrogen-bond donors (Lipinski definition) is 3. The van der Waals surface area contributed by atoms with Crippen LogP contribution in [0.1, 0.15) is 108 Å². The average molecular weight is 583 g/mol. The molecule has 2 rings (SSSR count). The minimum absolute atomic E-state index is 0.0441. The number of rotatable bonds is 17. The highest BCUT2D eigenvalue weighted by Gasteiger charge is 2.38. The Morgan fingerprint density at radius 2 is 1.95 bits per heavy atom. The standard InChI is InChI=1S/C29H50N4O6S/c1-7-9-12-15-39-18-33(23(19(3)4)16-24(34)27-30-21(17-40-27)29(37)38)28(36)25(20(5)8-2)31-26(35)22-13-10-11-14-32(22)6/h17,19-20,22-25,34H,7-16,18H2,1-6H3,(H,31,35)(H,37,38)/t20-,22+,23+,24+,25-/m0/s1. The topological polar surface area (TPSA) is 132 Å². The number of aromatic nitrogens is 1. The number of amides is 2. The average Bonchev–Trinajstić information content (AvgIpc) is 3.43. The van der Waals surface area contributed by atoms with E-state index in [0.717, 1.165) is 56.4 Å². The van der Waals surface area contributed by atoms with Crippen molar-refractivity contribution in [3.05, 3.63) is 16.1 Å². The summed E-state index contributed by atoms with van der Waals surface area (Å²) in [6, 6.07) is -1.42. The molecule has 1 aliphatic rings. The third-order valence-corrected chi connectivity index (χ3v) is 8.86. The number of carboxylic acid groups (broad SMARTS) is 1. The molecule has 40 heavy (non-hydrogen) atoms. The molecule has 2 heterocycles. The maximum atomic E-state index is 14.3. The van der Waals surface area contributed by atoms with Gasteiger partial charge in [0.05, 0.1) is 6.04 Å². The predicted molar refractivity (Wildman–Crippen MR) is 156 cm³/mol. The highest BCUT2D eigenvalue weighted by Crippen LogP contribution is 2.29. The monoisotopic (exact) mass is 582 g/mol. The van der Waals surface area contributed by atoms with Crippen molar-refractivity contribution in [1.29, 1.82) is 0 Å². The van der Waals surface area contributed by atoms with Crippen molar-refractivity contribution < 1.29 is 29.3 Å². The molecular weight excluding hydrogens is 532 g/mol. The molecule has 0 aliphatic carbocycles. The Labute approximate surface area is 243 Å². The highest BCUT2D eigenvalue weighted by molar-refractivity contribution is 7.09. The van der Waals surface area contributed by atoms with Crippen LogP contribution >= 0.6 is 11.3 Å². The number of carbonyl (C=O) groups excluding carboxylic acids is 2. The van der Waals surface area contributed by atoms with Crippen LogP contribution in [0, 0.1) is 11.8 Å². The lowest BCUT2D eigenvalue weighted by atomic mass is 9.92. The van der Waals surface area contributed by atoms with Crippen molar-refractivity contribution in [2.45, 2.75) is 110 Å². The molecule has 0 saturated carbocycles. The largest absolute Gasteiger partial charge is 0.476 e. The van der Waals surface area contributed by atoms with Gasteiger partial charge in [0, 0.05) is 24.4 Å². The van der Waals surface area contributed by atoms with Gasteiger partial charge in [-0.3, -0.25) is 14.5 Å². The summed E-state index contributed by atoms with van der Waals surface area (Å²) < 4.78 is 5.99. The lowest BCUT2D eigenvalue weighted by Gasteiger charge is -2.39. The van der Waals surface area contributed by atoms with Gasteiger partial charge < -0.3 is 25.2 Å². The van der Waals surface area contributed by atoms with Crippen LogP contribution in [0.4, 0.5) is 0 Å². The van der Waals surface area contributed by atoms with Crippen LogP contribution in [0.25, 0.3) is 0 Å². The first-order chi connectivity index (χ1) is 19.0. The quantitative estimate of drug-likeness (QED) is 0.183. The molecule has 1 saturated heterocycles. The Morgan fingerprint density at radius 3 is 2.52 bits per heavy atom. The van der Waals surface area contributed by atoms with Gasteiger partial charge in [0.15, 0.2) is 5.69 Å². The first-order valence-corrected chi connectivity index (χ1v) is 15.6.